The van der Waals surface area contributed by atoms with Crippen LogP contribution >= 0.6 is 15.9 Å². The zero-order chi connectivity index (χ0) is 13.0. The van der Waals surface area contributed by atoms with Gasteiger partial charge in [0, 0.05) is 10.2 Å². The van der Waals surface area contributed by atoms with Crippen molar-refractivity contribution in [2.75, 3.05) is 12.4 Å². The van der Waals surface area contributed by atoms with Crippen LogP contribution in [0, 0.1) is 0 Å². The maximum absolute atomic E-state index is 12.1. The van der Waals surface area contributed by atoms with Gasteiger partial charge in [-0.1, -0.05) is 18.2 Å². The highest BCUT2D eigenvalue weighted by molar-refractivity contribution is 9.10. The fourth-order valence-electron chi connectivity index (χ4n) is 1.53. The summed E-state index contributed by atoms with van der Waals surface area (Å²) in [6, 6.07) is 14.6. The highest BCUT2D eigenvalue weighted by atomic mass is 79.9. The summed E-state index contributed by atoms with van der Waals surface area (Å²) >= 11 is 3.36. The number of hydrogen-bond acceptors (Lipinski definition) is 2. The van der Waals surface area contributed by atoms with E-state index in [1.54, 1.807) is 25.3 Å². The minimum atomic E-state index is -0.174. The zero-order valence-electron chi connectivity index (χ0n) is 9.81. The standard InChI is InChI=1S/C14H12BrNO2/c1-18-11-7-8-13(15)12(9-11)14(17)16-10-5-3-2-4-6-10/h2-9H,1H3,(H,16,17). The number of methoxy groups -OCH3 is 1. The molecule has 0 radical (unpaired) electrons. The summed E-state index contributed by atoms with van der Waals surface area (Å²) in [6.07, 6.45) is 0. The van der Waals surface area contributed by atoms with Gasteiger partial charge in [-0.25, -0.2) is 0 Å². The van der Waals surface area contributed by atoms with Crippen molar-refractivity contribution in [1.29, 1.82) is 0 Å². The molecule has 0 saturated heterocycles. The smallest absolute Gasteiger partial charge is 0.256 e. The van der Waals surface area contributed by atoms with E-state index in [1.807, 2.05) is 30.3 Å². The van der Waals surface area contributed by atoms with Crippen LogP contribution in [0.15, 0.2) is 53.0 Å². The Labute approximate surface area is 114 Å². The van der Waals surface area contributed by atoms with Crippen molar-refractivity contribution in [2.45, 2.75) is 0 Å². The van der Waals surface area contributed by atoms with Crippen molar-refractivity contribution >= 4 is 27.5 Å². The van der Waals surface area contributed by atoms with E-state index in [0.717, 1.165) is 10.2 Å². The highest BCUT2D eigenvalue weighted by Crippen LogP contribution is 2.23. The summed E-state index contributed by atoms with van der Waals surface area (Å²) in [5.74, 6) is 0.475. The van der Waals surface area contributed by atoms with Crippen LogP contribution in [-0.4, -0.2) is 13.0 Å². The first kappa shape index (κ1) is 12.6. The first-order valence-electron chi connectivity index (χ1n) is 5.40. The van der Waals surface area contributed by atoms with Crippen molar-refractivity contribution in [1.82, 2.24) is 0 Å². The number of anilines is 1. The van der Waals surface area contributed by atoms with E-state index in [-0.39, 0.29) is 5.91 Å². The third-order valence-corrected chi connectivity index (χ3v) is 3.14. The summed E-state index contributed by atoms with van der Waals surface area (Å²) in [4.78, 5) is 12.1. The Morgan fingerprint density at radius 3 is 2.56 bits per heavy atom. The second-order valence-electron chi connectivity index (χ2n) is 3.67. The zero-order valence-corrected chi connectivity index (χ0v) is 11.4. The molecule has 0 aliphatic rings. The van der Waals surface area contributed by atoms with Gasteiger partial charge in [0.05, 0.1) is 12.7 Å². The molecule has 0 spiro atoms. The largest absolute Gasteiger partial charge is 0.497 e. The fraction of sp³-hybridized carbons (Fsp3) is 0.0714. The van der Waals surface area contributed by atoms with E-state index in [9.17, 15) is 4.79 Å². The van der Waals surface area contributed by atoms with Gasteiger partial charge in [0.25, 0.3) is 5.91 Å². The van der Waals surface area contributed by atoms with Crippen LogP contribution in [0.5, 0.6) is 5.75 Å². The van der Waals surface area contributed by atoms with Crippen molar-refractivity contribution in [2.24, 2.45) is 0 Å². The van der Waals surface area contributed by atoms with E-state index < -0.39 is 0 Å². The van der Waals surface area contributed by atoms with E-state index >= 15 is 0 Å². The van der Waals surface area contributed by atoms with E-state index in [0.29, 0.717) is 11.3 Å². The van der Waals surface area contributed by atoms with Crippen molar-refractivity contribution in [3.05, 3.63) is 58.6 Å². The third kappa shape index (κ3) is 2.90. The van der Waals surface area contributed by atoms with Gasteiger partial charge in [0.2, 0.25) is 0 Å². The number of carbonyl (C=O) groups excluding carboxylic acids is 1. The molecule has 0 atom stereocenters. The molecule has 1 N–H and O–H groups in total. The molecular weight excluding hydrogens is 294 g/mol. The van der Waals surface area contributed by atoms with Gasteiger partial charge in [0.1, 0.15) is 5.75 Å². The lowest BCUT2D eigenvalue weighted by Gasteiger charge is -2.08. The predicted octanol–water partition coefficient (Wildman–Crippen LogP) is 3.71. The van der Waals surface area contributed by atoms with Gasteiger partial charge in [-0.05, 0) is 46.3 Å². The molecule has 4 heteroatoms. The average Bonchev–Trinajstić information content (AvgIpc) is 2.40. The normalized spacial score (nSPS) is 9.89. The number of rotatable bonds is 3. The molecule has 18 heavy (non-hydrogen) atoms. The molecule has 0 fully saturated rings. The minimum absolute atomic E-state index is 0.174. The molecule has 2 rings (SSSR count). The molecule has 2 aromatic carbocycles. The monoisotopic (exact) mass is 305 g/mol. The molecule has 1 amide bonds. The Bertz CT molecular complexity index is 555. The van der Waals surface area contributed by atoms with Crippen LogP contribution in [0.25, 0.3) is 0 Å². The van der Waals surface area contributed by atoms with Crippen molar-refractivity contribution < 1.29 is 9.53 Å². The average molecular weight is 306 g/mol. The summed E-state index contributed by atoms with van der Waals surface area (Å²) in [5, 5.41) is 2.83. The summed E-state index contributed by atoms with van der Waals surface area (Å²) in [6.45, 7) is 0. The lowest BCUT2D eigenvalue weighted by molar-refractivity contribution is 0.102. The topological polar surface area (TPSA) is 38.3 Å². The Morgan fingerprint density at radius 2 is 1.89 bits per heavy atom. The number of halogens is 1. The van der Waals surface area contributed by atoms with Crippen molar-refractivity contribution in [3.8, 4) is 5.75 Å². The SMILES string of the molecule is COc1ccc(Br)c(C(=O)Nc2ccccc2)c1. The number of para-hydroxylation sites is 1. The first-order chi connectivity index (χ1) is 8.70. The number of nitrogens with one attached hydrogen (secondary N) is 1. The van der Waals surface area contributed by atoms with E-state index in [2.05, 4.69) is 21.2 Å². The van der Waals surface area contributed by atoms with Gasteiger partial charge >= 0.3 is 0 Å². The van der Waals surface area contributed by atoms with Crippen LogP contribution in [0.1, 0.15) is 10.4 Å². The predicted molar refractivity (Wildman–Crippen MR) is 75.1 cm³/mol. The fourth-order valence-corrected chi connectivity index (χ4v) is 1.95. The molecule has 92 valence electrons. The van der Waals surface area contributed by atoms with Crippen LogP contribution in [0.3, 0.4) is 0 Å². The summed E-state index contributed by atoms with van der Waals surface area (Å²) in [5.41, 5.74) is 1.30. The van der Waals surface area contributed by atoms with Crippen LogP contribution in [0.2, 0.25) is 0 Å². The van der Waals surface area contributed by atoms with E-state index in [1.165, 1.54) is 0 Å². The molecule has 2 aromatic rings. The molecule has 0 aliphatic carbocycles. The molecule has 0 aromatic heterocycles. The van der Waals surface area contributed by atoms with Gasteiger partial charge in [0.15, 0.2) is 0 Å². The van der Waals surface area contributed by atoms with Crippen molar-refractivity contribution in [3.63, 3.8) is 0 Å². The number of hydrogen-bond donors (Lipinski definition) is 1. The molecule has 0 heterocycles. The quantitative estimate of drug-likeness (QED) is 0.939. The molecule has 0 saturated carbocycles. The Kier molecular flexibility index (Phi) is 3.99. The summed E-state index contributed by atoms with van der Waals surface area (Å²) < 4.78 is 5.84. The Hall–Kier alpha value is -1.81. The van der Waals surface area contributed by atoms with Gasteiger partial charge in [-0.3, -0.25) is 4.79 Å². The molecular formula is C14H12BrNO2. The van der Waals surface area contributed by atoms with Crippen LogP contribution < -0.4 is 10.1 Å². The van der Waals surface area contributed by atoms with E-state index in [4.69, 9.17) is 4.74 Å². The van der Waals surface area contributed by atoms with Crippen LogP contribution in [0.4, 0.5) is 5.69 Å². The maximum atomic E-state index is 12.1. The summed E-state index contributed by atoms with van der Waals surface area (Å²) in [7, 11) is 1.57. The Balaban J connectivity index is 2.23. The maximum Gasteiger partial charge on any atom is 0.256 e. The van der Waals surface area contributed by atoms with Gasteiger partial charge in [-0.2, -0.15) is 0 Å². The second kappa shape index (κ2) is 5.69. The molecule has 0 unspecified atom stereocenters. The lowest BCUT2D eigenvalue weighted by atomic mass is 10.2. The minimum Gasteiger partial charge on any atom is -0.497 e. The number of carbonyl (C=O) groups is 1. The molecule has 3 nitrogen and oxygen atoms in total. The first-order valence-corrected chi connectivity index (χ1v) is 6.20. The number of benzene rings is 2. The second-order valence-corrected chi connectivity index (χ2v) is 4.52. The molecule has 0 aliphatic heterocycles. The number of ether oxygens (including phenoxy) is 1. The third-order valence-electron chi connectivity index (χ3n) is 2.45. The van der Waals surface area contributed by atoms with Gasteiger partial charge in [-0.15, -0.1) is 0 Å². The van der Waals surface area contributed by atoms with Crippen LogP contribution in [-0.2, 0) is 0 Å². The van der Waals surface area contributed by atoms with Gasteiger partial charge < -0.3 is 10.1 Å². The highest BCUT2D eigenvalue weighted by Gasteiger charge is 2.11. The molecule has 0 bridgehead atoms. The number of amides is 1. The lowest BCUT2D eigenvalue weighted by Crippen LogP contribution is -2.12. The Morgan fingerprint density at radius 1 is 1.17 bits per heavy atom.